The minimum absolute atomic E-state index is 0.135. The number of nitrogens with zero attached hydrogens (tertiary/aromatic N) is 1. The molecule has 3 nitrogen and oxygen atoms in total. The molecule has 19 heavy (non-hydrogen) atoms. The fraction of sp³-hybridized carbons (Fsp3) is 0.417. The summed E-state index contributed by atoms with van der Waals surface area (Å²) in [4.78, 5) is 13.1. The third-order valence-corrected chi connectivity index (χ3v) is 3.06. The topological polar surface area (TPSA) is 46.3 Å². The Bertz CT molecular complexity index is 499. The van der Waals surface area contributed by atoms with Gasteiger partial charge < -0.3 is 10.6 Å². The summed E-state index contributed by atoms with van der Waals surface area (Å²) < 4.78 is 36.2. The van der Waals surface area contributed by atoms with Gasteiger partial charge in [0.15, 0.2) is 0 Å². The van der Waals surface area contributed by atoms with E-state index in [1.54, 1.807) is 11.4 Å². The first-order chi connectivity index (χ1) is 8.81. The minimum Gasteiger partial charge on any atom is -0.341 e. The highest BCUT2D eigenvalue weighted by molar-refractivity contribution is 7.10. The Morgan fingerprint density at radius 3 is 2.79 bits per heavy atom. The van der Waals surface area contributed by atoms with Crippen molar-refractivity contribution in [2.45, 2.75) is 19.1 Å². The first kappa shape index (κ1) is 15.5. The molecule has 0 unspecified atom stereocenters. The molecule has 0 saturated carbocycles. The summed E-state index contributed by atoms with van der Waals surface area (Å²) in [6, 6.07) is 1.74. The zero-order chi connectivity index (χ0) is 14.5. The molecule has 1 aromatic heterocycles. The van der Waals surface area contributed by atoms with E-state index in [-0.39, 0.29) is 13.1 Å². The average Bonchev–Trinajstić information content (AvgIpc) is 2.71. The van der Waals surface area contributed by atoms with Gasteiger partial charge in [0.1, 0.15) is 6.42 Å². The van der Waals surface area contributed by atoms with E-state index in [4.69, 9.17) is 5.73 Å². The van der Waals surface area contributed by atoms with Crippen molar-refractivity contribution < 1.29 is 18.0 Å². The van der Waals surface area contributed by atoms with Crippen molar-refractivity contribution in [1.29, 1.82) is 0 Å². The second kappa shape index (κ2) is 6.59. The van der Waals surface area contributed by atoms with Crippen LogP contribution in [0, 0.1) is 11.8 Å². The molecular weight excluding hydrogens is 277 g/mol. The Balaban J connectivity index is 2.59. The summed E-state index contributed by atoms with van der Waals surface area (Å²) in [6.07, 6.45) is -5.91. The van der Waals surface area contributed by atoms with E-state index in [9.17, 15) is 18.0 Å². The van der Waals surface area contributed by atoms with Crippen molar-refractivity contribution >= 4 is 17.2 Å². The fourth-order valence-corrected chi connectivity index (χ4v) is 2.10. The van der Waals surface area contributed by atoms with Gasteiger partial charge in [-0.15, -0.1) is 11.3 Å². The lowest BCUT2D eigenvalue weighted by molar-refractivity contribution is -0.160. The second-order valence-corrected chi connectivity index (χ2v) is 4.78. The molecule has 1 aromatic rings. The zero-order valence-corrected chi connectivity index (χ0v) is 11.1. The van der Waals surface area contributed by atoms with E-state index in [0.717, 1.165) is 15.3 Å². The number of hydrogen-bond donors (Lipinski definition) is 1. The number of alkyl halides is 3. The van der Waals surface area contributed by atoms with Crippen LogP contribution in [0.3, 0.4) is 0 Å². The summed E-state index contributed by atoms with van der Waals surface area (Å²) >= 11 is 1.37. The van der Waals surface area contributed by atoms with Crippen LogP contribution >= 0.6 is 11.3 Å². The lowest BCUT2D eigenvalue weighted by Gasteiger charge is -2.17. The van der Waals surface area contributed by atoms with Crippen LogP contribution in [0.4, 0.5) is 13.2 Å². The van der Waals surface area contributed by atoms with Crippen LogP contribution in [-0.4, -0.2) is 30.6 Å². The number of thiophene rings is 1. The fourth-order valence-electron chi connectivity index (χ4n) is 1.33. The van der Waals surface area contributed by atoms with Crippen LogP contribution in [0.1, 0.15) is 16.9 Å². The van der Waals surface area contributed by atoms with Crippen molar-refractivity contribution in [2.24, 2.45) is 5.73 Å². The Morgan fingerprint density at radius 2 is 2.21 bits per heavy atom. The molecular formula is C12H13F3N2OS. The molecule has 0 spiro atoms. The van der Waals surface area contributed by atoms with E-state index >= 15 is 0 Å². The van der Waals surface area contributed by atoms with Crippen molar-refractivity contribution in [3.05, 3.63) is 21.9 Å². The van der Waals surface area contributed by atoms with Gasteiger partial charge in [-0.05, 0) is 17.0 Å². The van der Waals surface area contributed by atoms with E-state index in [1.165, 1.54) is 18.4 Å². The third-order valence-electron chi connectivity index (χ3n) is 2.16. The summed E-state index contributed by atoms with van der Waals surface area (Å²) in [5, 5.41) is 1.76. The monoisotopic (exact) mass is 290 g/mol. The molecule has 0 fully saturated rings. The van der Waals surface area contributed by atoms with Gasteiger partial charge in [-0.2, -0.15) is 13.2 Å². The van der Waals surface area contributed by atoms with Crippen LogP contribution in [0.2, 0.25) is 0 Å². The number of halogens is 3. The van der Waals surface area contributed by atoms with Gasteiger partial charge in [0.25, 0.3) is 0 Å². The smallest absolute Gasteiger partial charge is 0.341 e. The van der Waals surface area contributed by atoms with Crippen LogP contribution < -0.4 is 5.73 Å². The molecule has 0 aliphatic heterocycles. The Labute approximate surface area is 113 Å². The van der Waals surface area contributed by atoms with Crippen molar-refractivity contribution in [3.63, 3.8) is 0 Å². The van der Waals surface area contributed by atoms with Crippen molar-refractivity contribution in [1.82, 2.24) is 4.90 Å². The van der Waals surface area contributed by atoms with Crippen molar-refractivity contribution in [2.75, 3.05) is 13.6 Å². The molecule has 104 valence electrons. The molecule has 1 heterocycles. The second-order valence-electron chi connectivity index (χ2n) is 3.87. The number of amides is 1. The van der Waals surface area contributed by atoms with Crippen LogP contribution in [-0.2, 0) is 11.3 Å². The van der Waals surface area contributed by atoms with Crippen molar-refractivity contribution in [3.8, 4) is 11.8 Å². The molecule has 0 atom stereocenters. The molecule has 0 aliphatic carbocycles. The highest BCUT2D eigenvalue weighted by Gasteiger charge is 2.32. The normalized spacial score (nSPS) is 10.8. The van der Waals surface area contributed by atoms with Gasteiger partial charge in [0.2, 0.25) is 5.91 Å². The van der Waals surface area contributed by atoms with Gasteiger partial charge in [-0.3, -0.25) is 4.79 Å². The largest absolute Gasteiger partial charge is 0.397 e. The molecule has 1 amide bonds. The molecule has 7 heteroatoms. The third kappa shape index (κ3) is 5.77. The first-order valence-electron chi connectivity index (χ1n) is 5.39. The number of hydrogen-bond acceptors (Lipinski definition) is 3. The first-order valence-corrected chi connectivity index (χ1v) is 6.27. The van der Waals surface area contributed by atoms with Gasteiger partial charge in [-0.1, -0.05) is 11.8 Å². The zero-order valence-electron chi connectivity index (χ0n) is 10.3. The van der Waals surface area contributed by atoms with E-state index in [2.05, 4.69) is 11.8 Å². The van der Waals surface area contributed by atoms with E-state index < -0.39 is 18.5 Å². The lowest BCUT2D eigenvalue weighted by Crippen LogP contribution is -2.30. The predicted molar refractivity (Wildman–Crippen MR) is 67.4 cm³/mol. The number of carbonyl (C=O) groups excluding carboxylic acids is 1. The minimum atomic E-state index is -4.47. The highest BCUT2D eigenvalue weighted by Crippen LogP contribution is 2.21. The standard InChI is InChI=1S/C12H13F3N2OS/c1-17(11(18)6-12(13,14)15)7-9-5-10(19-8-9)3-2-4-16/h5,8H,4,6-7,16H2,1H3. The summed E-state index contributed by atoms with van der Waals surface area (Å²) in [5.74, 6) is 4.56. The maximum Gasteiger partial charge on any atom is 0.397 e. The Morgan fingerprint density at radius 1 is 1.53 bits per heavy atom. The molecule has 1 rings (SSSR count). The lowest BCUT2D eigenvalue weighted by atomic mass is 10.2. The van der Waals surface area contributed by atoms with Crippen LogP contribution in [0.15, 0.2) is 11.4 Å². The quantitative estimate of drug-likeness (QED) is 0.865. The summed E-state index contributed by atoms with van der Waals surface area (Å²) in [7, 11) is 1.34. The van der Waals surface area contributed by atoms with Gasteiger partial charge in [0.05, 0.1) is 11.4 Å². The molecule has 0 bridgehead atoms. The Hall–Kier alpha value is -1.52. The van der Waals surface area contributed by atoms with Gasteiger partial charge in [-0.25, -0.2) is 0 Å². The van der Waals surface area contributed by atoms with E-state index in [0.29, 0.717) is 0 Å². The molecule has 0 aromatic carbocycles. The van der Waals surface area contributed by atoms with Gasteiger partial charge >= 0.3 is 6.18 Å². The van der Waals surface area contributed by atoms with Gasteiger partial charge in [0, 0.05) is 13.6 Å². The SMILES string of the molecule is CN(Cc1csc(C#CCN)c1)C(=O)CC(F)(F)F. The van der Waals surface area contributed by atoms with Crippen LogP contribution in [0.5, 0.6) is 0 Å². The average molecular weight is 290 g/mol. The van der Waals surface area contributed by atoms with Crippen LogP contribution in [0.25, 0.3) is 0 Å². The predicted octanol–water partition coefficient (Wildman–Crippen LogP) is 1.97. The molecule has 0 radical (unpaired) electrons. The summed E-state index contributed by atoms with van der Waals surface area (Å²) in [6.45, 7) is 0.382. The Kier molecular flexibility index (Phi) is 5.39. The summed E-state index contributed by atoms with van der Waals surface area (Å²) in [5.41, 5.74) is 5.99. The number of carbonyl (C=O) groups is 1. The maximum atomic E-state index is 12.1. The van der Waals surface area contributed by atoms with E-state index in [1.807, 2.05) is 0 Å². The molecule has 0 aliphatic rings. The highest BCUT2D eigenvalue weighted by atomic mass is 32.1. The maximum absolute atomic E-state index is 12.1. The molecule has 0 saturated heterocycles. The number of rotatable bonds is 3. The molecule has 2 N–H and O–H groups in total. The number of nitrogens with two attached hydrogens (primary N) is 1.